The molecule has 120 valence electrons. The highest BCUT2D eigenvalue weighted by atomic mass is 16.5. The van der Waals surface area contributed by atoms with Crippen molar-refractivity contribution in [3.63, 3.8) is 0 Å². The fourth-order valence-corrected chi connectivity index (χ4v) is 2.61. The summed E-state index contributed by atoms with van der Waals surface area (Å²) in [6.45, 7) is 3.83. The molecule has 0 aromatic heterocycles. The van der Waals surface area contributed by atoms with Gasteiger partial charge in [-0.25, -0.2) is 4.79 Å². The van der Waals surface area contributed by atoms with E-state index in [9.17, 15) is 14.7 Å². The maximum absolute atomic E-state index is 11.3. The van der Waals surface area contributed by atoms with Crippen molar-refractivity contribution in [1.82, 2.24) is 0 Å². The van der Waals surface area contributed by atoms with Crippen LogP contribution in [0.1, 0.15) is 38.2 Å². The fraction of sp³-hybridized carbons (Fsp3) is 0.263. The zero-order chi connectivity index (χ0) is 17.0. The quantitative estimate of drug-likeness (QED) is 0.860. The molecule has 0 heterocycles. The van der Waals surface area contributed by atoms with E-state index >= 15 is 0 Å². The number of ether oxygens (including phenoxy) is 1. The molecule has 0 bridgehead atoms. The smallest absolute Gasteiger partial charge is 0.335 e. The van der Waals surface area contributed by atoms with E-state index in [2.05, 4.69) is 4.74 Å². The SMILES string of the molecule is COC(=O)Cc1ccc(Cc2c(C)ccc(C(=O)O)c2C)cc1. The van der Waals surface area contributed by atoms with Gasteiger partial charge in [-0.2, -0.15) is 0 Å². The number of aromatic carboxylic acids is 1. The van der Waals surface area contributed by atoms with Gasteiger partial charge in [0.15, 0.2) is 0 Å². The minimum absolute atomic E-state index is 0.253. The minimum Gasteiger partial charge on any atom is -0.478 e. The van der Waals surface area contributed by atoms with Crippen molar-refractivity contribution in [3.8, 4) is 0 Å². The van der Waals surface area contributed by atoms with Crippen molar-refractivity contribution in [2.75, 3.05) is 7.11 Å². The van der Waals surface area contributed by atoms with Gasteiger partial charge < -0.3 is 9.84 Å². The van der Waals surface area contributed by atoms with Crippen LogP contribution in [0.25, 0.3) is 0 Å². The first kappa shape index (κ1) is 16.7. The zero-order valence-electron chi connectivity index (χ0n) is 13.6. The second-order valence-electron chi connectivity index (χ2n) is 5.58. The molecule has 4 nitrogen and oxygen atoms in total. The number of esters is 1. The Kier molecular flexibility index (Phi) is 5.16. The van der Waals surface area contributed by atoms with Crippen LogP contribution in [0.2, 0.25) is 0 Å². The first-order valence-corrected chi connectivity index (χ1v) is 7.39. The molecule has 1 N–H and O–H groups in total. The zero-order valence-corrected chi connectivity index (χ0v) is 13.6. The van der Waals surface area contributed by atoms with Gasteiger partial charge in [0.2, 0.25) is 0 Å². The summed E-state index contributed by atoms with van der Waals surface area (Å²) in [6.07, 6.45) is 0.917. The van der Waals surface area contributed by atoms with Gasteiger partial charge in [-0.1, -0.05) is 30.3 Å². The number of hydrogen-bond acceptors (Lipinski definition) is 3. The molecule has 23 heavy (non-hydrogen) atoms. The lowest BCUT2D eigenvalue weighted by molar-refractivity contribution is -0.139. The number of carboxylic acids is 1. The summed E-state index contributed by atoms with van der Waals surface area (Å²) in [4.78, 5) is 22.5. The largest absolute Gasteiger partial charge is 0.478 e. The van der Waals surface area contributed by atoms with E-state index in [-0.39, 0.29) is 12.4 Å². The Morgan fingerprint density at radius 3 is 2.17 bits per heavy atom. The van der Waals surface area contributed by atoms with E-state index in [1.165, 1.54) is 7.11 Å². The van der Waals surface area contributed by atoms with Crippen LogP contribution in [0.5, 0.6) is 0 Å². The van der Waals surface area contributed by atoms with E-state index < -0.39 is 5.97 Å². The number of hydrogen-bond donors (Lipinski definition) is 1. The van der Waals surface area contributed by atoms with E-state index in [1.54, 1.807) is 6.07 Å². The monoisotopic (exact) mass is 312 g/mol. The Labute approximate surface area is 135 Å². The predicted molar refractivity (Wildman–Crippen MR) is 87.8 cm³/mol. The molecular weight excluding hydrogens is 292 g/mol. The number of aryl methyl sites for hydroxylation is 1. The number of methoxy groups -OCH3 is 1. The Balaban J connectivity index is 2.24. The Bertz CT molecular complexity index is 730. The first-order chi connectivity index (χ1) is 10.9. The first-order valence-electron chi connectivity index (χ1n) is 7.39. The second kappa shape index (κ2) is 7.09. The van der Waals surface area contributed by atoms with Crippen molar-refractivity contribution in [3.05, 3.63) is 69.8 Å². The third-order valence-corrected chi connectivity index (χ3v) is 4.04. The van der Waals surface area contributed by atoms with Gasteiger partial charge in [0.25, 0.3) is 0 Å². The molecule has 0 fully saturated rings. The average molecular weight is 312 g/mol. The van der Waals surface area contributed by atoms with E-state index in [4.69, 9.17) is 0 Å². The van der Waals surface area contributed by atoms with Gasteiger partial charge in [-0.05, 0) is 54.2 Å². The maximum atomic E-state index is 11.3. The predicted octanol–water partition coefficient (Wildman–Crippen LogP) is 3.31. The molecule has 0 radical (unpaired) electrons. The Morgan fingerprint density at radius 1 is 1.00 bits per heavy atom. The fourth-order valence-electron chi connectivity index (χ4n) is 2.61. The molecule has 0 aliphatic carbocycles. The molecule has 2 aromatic carbocycles. The summed E-state index contributed by atoms with van der Waals surface area (Å²) < 4.78 is 4.65. The molecule has 0 amide bonds. The van der Waals surface area contributed by atoms with Gasteiger partial charge in [0, 0.05) is 0 Å². The molecule has 0 saturated carbocycles. The molecule has 0 atom stereocenters. The number of carbonyl (C=O) groups is 2. The van der Waals surface area contributed by atoms with Gasteiger partial charge >= 0.3 is 11.9 Å². The third kappa shape index (κ3) is 3.97. The summed E-state index contributed by atoms with van der Waals surface area (Å²) in [5, 5.41) is 9.25. The van der Waals surface area contributed by atoms with Crippen molar-refractivity contribution in [2.24, 2.45) is 0 Å². The molecule has 0 saturated heterocycles. The molecular formula is C19H20O4. The Hall–Kier alpha value is -2.62. The molecule has 0 unspecified atom stereocenters. The van der Waals surface area contributed by atoms with Crippen molar-refractivity contribution in [2.45, 2.75) is 26.7 Å². The summed E-state index contributed by atoms with van der Waals surface area (Å²) in [6, 6.07) is 11.2. The van der Waals surface area contributed by atoms with Crippen molar-refractivity contribution in [1.29, 1.82) is 0 Å². The number of carboxylic acid groups (broad SMARTS) is 1. The van der Waals surface area contributed by atoms with Gasteiger partial charge in [0.05, 0.1) is 19.1 Å². The molecule has 2 rings (SSSR count). The molecule has 2 aromatic rings. The lowest BCUT2D eigenvalue weighted by Gasteiger charge is -2.13. The summed E-state index contributed by atoms with van der Waals surface area (Å²) in [5.41, 5.74) is 5.22. The molecule has 0 aliphatic heterocycles. The Morgan fingerprint density at radius 2 is 1.61 bits per heavy atom. The van der Waals surface area contributed by atoms with Crippen LogP contribution in [0.15, 0.2) is 36.4 Å². The van der Waals surface area contributed by atoms with Crippen LogP contribution in [0, 0.1) is 13.8 Å². The van der Waals surface area contributed by atoms with Crippen molar-refractivity contribution < 1.29 is 19.4 Å². The van der Waals surface area contributed by atoms with Crippen LogP contribution in [-0.4, -0.2) is 24.2 Å². The van der Waals surface area contributed by atoms with Crippen LogP contribution in [0.3, 0.4) is 0 Å². The molecule has 0 aliphatic rings. The summed E-state index contributed by atoms with van der Waals surface area (Å²) >= 11 is 0. The normalized spacial score (nSPS) is 10.4. The maximum Gasteiger partial charge on any atom is 0.335 e. The van der Waals surface area contributed by atoms with Crippen LogP contribution in [0.4, 0.5) is 0 Å². The van der Waals surface area contributed by atoms with Crippen LogP contribution < -0.4 is 0 Å². The average Bonchev–Trinajstić information content (AvgIpc) is 2.52. The molecule has 4 heteroatoms. The summed E-state index contributed by atoms with van der Waals surface area (Å²) in [5.74, 6) is -1.17. The van der Waals surface area contributed by atoms with Gasteiger partial charge in [-0.3, -0.25) is 4.79 Å². The highest BCUT2D eigenvalue weighted by molar-refractivity contribution is 5.90. The van der Waals surface area contributed by atoms with Gasteiger partial charge in [0.1, 0.15) is 0 Å². The van der Waals surface area contributed by atoms with Crippen LogP contribution >= 0.6 is 0 Å². The van der Waals surface area contributed by atoms with Crippen molar-refractivity contribution >= 4 is 11.9 Å². The highest BCUT2D eigenvalue weighted by Gasteiger charge is 2.13. The van der Waals surface area contributed by atoms with Crippen LogP contribution in [-0.2, 0) is 22.4 Å². The number of carbonyl (C=O) groups excluding carboxylic acids is 1. The second-order valence-corrected chi connectivity index (χ2v) is 5.58. The van der Waals surface area contributed by atoms with Gasteiger partial charge in [-0.15, -0.1) is 0 Å². The lowest BCUT2D eigenvalue weighted by Crippen LogP contribution is -2.06. The summed E-state index contributed by atoms with van der Waals surface area (Å²) in [7, 11) is 1.37. The van der Waals surface area contributed by atoms with E-state index in [0.29, 0.717) is 12.0 Å². The standard InChI is InChI=1S/C19H20O4/c1-12-4-9-16(19(21)22)13(2)17(12)10-14-5-7-15(8-6-14)11-18(20)23-3/h4-9H,10-11H2,1-3H3,(H,21,22). The number of benzene rings is 2. The lowest BCUT2D eigenvalue weighted by atomic mass is 9.92. The minimum atomic E-state index is -0.905. The van der Waals surface area contributed by atoms with E-state index in [0.717, 1.165) is 27.8 Å². The number of rotatable bonds is 5. The molecule has 0 spiro atoms. The topological polar surface area (TPSA) is 63.6 Å². The van der Waals surface area contributed by atoms with E-state index in [1.807, 2.05) is 44.2 Å². The highest BCUT2D eigenvalue weighted by Crippen LogP contribution is 2.22. The third-order valence-electron chi connectivity index (χ3n) is 4.04.